The Balaban J connectivity index is 2.53. The van der Waals surface area contributed by atoms with Crippen LogP contribution in [0, 0.1) is 11.8 Å². The molecule has 0 bridgehead atoms. The molecule has 1 aliphatic rings. The summed E-state index contributed by atoms with van der Waals surface area (Å²) in [4.78, 5) is 28.5. The Morgan fingerprint density at radius 1 is 0.571 bits per heavy atom. The van der Waals surface area contributed by atoms with E-state index in [-0.39, 0.29) is 24.5 Å². The van der Waals surface area contributed by atoms with E-state index in [2.05, 4.69) is 50.0 Å². The number of ether oxygens (including phenoxy) is 2. The average molecular weight is 788 g/mol. The molecule has 0 radical (unpaired) electrons. The van der Waals surface area contributed by atoms with Gasteiger partial charge in [-0.1, -0.05) is 167 Å². The Kier molecular flexibility index (Phi) is 37.5. The number of hydrogen-bond acceptors (Lipinski definition) is 6. The van der Waals surface area contributed by atoms with E-state index >= 15 is 0 Å². The van der Waals surface area contributed by atoms with Gasteiger partial charge in [-0.15, -0.1) is 0 Å². The highest BCUT2D eigenvalue weighted by molar-refractivity contribution is 5.70. The highest BCUT2D eigenvalue weighted by Gasteiger charge is 2.22. The second-order valence-corrected chi connectivity index (χ2v) is 17.2. The summed E-state index contributed by atoms with van der Waals surface area (Å²) in [6.45, 7) is 9.36. The number of unbranched alkanes of at least 4 members (excludes halogenated alkanes) is 17. The van der Waals surface area contributed by atoms with E-state index in [0.29, 0.717) is 38.0 Å². The Morgan fingerprint density at radius 3 is 1.71 bits per heavy atom. The third-order valence-electron chi connectivity index (χ3n) is 12.0. The Labute approximate surface area is 347 Å². The van der Waals surface area contributed by atoms with Crippen LogP contribution in [0.25, 0.3) is 0 Å². The van der Waals surface area contributed by atoms with Gasteiger partial charge in [0, 0.05) is 31.3 Å². The molecular formula is C50H93NO5. The monoisotopic (exact) mass is 788 g/mol. The molecule has 1 N–H and O–H groups in total. The van der Waals surface area contributed by atoms with Gasteiger partial charge in [-0.05, 0) is 89.5 Å². The number of hydrogen-bond donors (Lipinski definition) is 1. The van der Waals surface area contributed by atoms with Crippen molar-refractivity contribution in [1.82, 2.24) is 4.90 Å². The lowest BCUT2D eigenvalue weighted by atomic mass is 9.91. The quantitative estimate of drug-likeness (QED) is 0.0379. The maximum absolute atomic E-state index is 13.2. The Morgan fingerprint density at radius 2 is 1.07 bits per heavy atom. The first-order chi connectivity index (χ1) is 27.5. The predicted molar refractivity (Wildman–Crippen MR) is 239 cm³/mol. The zero-order valence-corrected chi connectivity index (χ0v) is 37.4. The fourth-order valence-corrected chi connectivity index (χ4v) is 8.31. The zero-order chi connectivity index (χ0) is 40.6. The van der Waals surface area contributed by atoms with Crippen LogP contribution in [0.15, 0.2) is 24.3 Å². The van der Waals surface area contributed by atoms with Crippen molar-refractivity contribution in [3.05, 3.63) is 24.3 Å². The van der Waals surface area contributed by atoms with Gasteiger partial charge in [0.2, 0.25) is 0 Å². The second kappa shape index (κ2) is 40.1. The number of aliphatic hydroxyl groups is 1. The summed E-state index contributed by atoms with van der Waals surface area (Å²) in [5.74, 6) is 0.229. The summed E-state index contributed by atoms with van der Waals surface area (Å²) in [5, 5.41) is 9.72. The van der Waals surface area contributed by atoms with Crippen LogP contribution in [0.2, 0.25) is 0 Å². The topological polar surface area (TPSA) is 76.1 Å². The number of allylic oxidation sites excluding steroid dienone is 4. The van der Waals surface area contributed by atoms with Gasteiger partial charge in [-0.3, -0.25) is 14.5 Å². The molecule has 0 spiro atoms. The first kappa shape index (κ1) is 52.4. The molecule has 2 unspecified atom stereocenters. The maximum atomic E-state index is 13.2. The van der Waals surface area contributed by atoms with Crippen LogP contribution in [0.1, 0.15) is 233 Å². The van der Waals surface area contributed by atoms with Crippen LogP contribution in [-0.2, 0) is 19.1 Å². The summed E-state index contributed by atoms with van der Waals surface area (Å²) >= 11 is 0. The van der Waals surface area contributed by atoms with Gasteiger partial charge < -0.3 is 14.6 Å². The third-order valence-corrected chi connectivity index (χ3v) is 12.0. The van der Waals surface area contributed by atoms with Crippen LogP contribution in [-0.4, -0.2) is 60.9 Å². The molecule has 1 saturated carbocycles. The summed E-state index contributed by atoms with van der Waals surface area (Å²) in [7, 11) is 0. The van der Waals surface area contributed by atoms with Crippen LogP contribution in [0.4, 0.5) is 0 Å². The minimum absolute atomic E-state index is 0.0232. The lowest BCUT2D eigenvalue weighted by Crippen LogP contribution is -2.39. The number of rotatable bonds is 40. The summed E-state index contributed by atoms with van der Waals surface area (Å²) in [6, 6.07) is 0.592. The van der Waals surface area contributed by atoms with Crippen molar-refractivity contribution in [1.29, 1.82) is 0 Å². The van der Waals surface area contributed by atoms with E-state index < -0.39 is 0 Å². The molecule has 0 aromatic rings. The Bertz CT molecular complexity index is 928. The van der Waals surface area contributed by atoms with Crippen molar-refractivity contribution in [2.75, 3.05) is 32.9 Å². The molecular weight excluding hydrogens is 695 g/mol. The lowest BCUT2D eigenvalue weighted by Gasteiger charge is -2.34. The SMILES string of the molecule is CCCCC/C=C\C/C=C\CCCCCCCC(=O)OCC(CCCCN(CCO)C1CCCCC1)COC(=O)CC(CCCCCC)CCCCCCCC. The fraction of sp³-hybridized carbons (Fsp3) is 0.880. The molecule has 1 aliphatic carbocycles. The van der Waals surface area contributed by atoms with Crippen LogP contribution >= 0.6 is 0 Å². The molecule has 0 aliphatic heterocycles. The van der Waals surface area contributed by atoms with E-state index in [4.69, 9.17) is 9.47 Å². The molecule has 1 fully saturated rings. The number of nitrogens with zero attached hydrogens (tertiary/aromatic N) is 1. The normalized spacial score (nSPS) is 14.9. The zero-order valence-electron chi connectivity index (χ0n) is 37.4. The van der Waals surface area contributed by atoms with E-state index in [0.717, 1.165) is 77.3 Å². The molecule has 1 rings (SSSR count). The molecule has 2 atom stereocenters. The largest absolute Gasteiger partial charge is 0.465 e. The standard InChI is InChI=1S/C50H93NO5/c1-4-7-10-13-15-16-17-18-19-20-21-22-23-25-31-39-49(53)55-44-47(36-32-33-40-51(41-42-52)48-37-29-26-30-38-48)45-56-50(54)43-46(34-27-12-9-6-3)35-28-24-14-11-8-5-2/h15-16,18-19,46-48,52H,4-14,17,20-45H2,1-3H3/b16-15-,19-18-. The molecule has 6 nitrogen and oxygen atoms in total. The first-order valence-corrected chi connectivity index (χ1v) is 24.5. The van der Waals surface area contributed by atoms with Gasteiger partial charge in [0.1, 0.15) is 0 Å². The number of aliphatic hydroxyl groups excluding tert-OH is 1. The van der Waals surface area contributed by atoms with Crippen LogP contribution < -0.4 is 0 Å². The molecule has 6 heteroatoms. The van der Waals surface area contributed by atoms with Crippen molar-refractivity contribution in [3.8, 4) is 0 Å². The second-order valence-electron chi connectivity index (χ2n) is 17.2. The number of esters is 2. The van der Waals surface area contributed by atoms with Gasteiger partial charge in [0.05, 0.1) is 19.8 Å². The highest BCUT2D eigenvalue weighted by atomic mass is 16.5. The van der Waals surface area contributed by atoms with Crippen molar-refractivity contribution < 1.29 is 24.2 Å². The summed E-state index contributed by atoms with van der Waals surface area (Å²) < 4.78 is 11.8. The highest BCUT2D eigenvalue weighted by Crippen LogP contribution is 2.25. The van der Waals surface area contributed by atoms with Crippen molar-refractivity contribution >= 4 is 11.9 Å². The van der Waals surface area contributed by atoms with Gasteiger partial charge >= 0.3 is 11.9 Å². The molecule has 328 valence electrons. The minimum Gasteiger partial charge on any atom is -0.465 e. The van der Waals surface area contributed by atoms with Crippen molar-refractivity contribution in [3.63, 3.8) is 0 Å². The molecule has 0 heterocycles. The van der Waals surface area contributed by atoms with Crippen molar-refractivity contribution in [2.24, 2.45) is 11.8 Å². The van der Waals surface area contributed by atoms with Crippen LogP contribution in [0.3, 0.4) is 0 Å². The van der Waals surface area contributed by atoms with E-state index in [1.807, 2.05) is 0 Å². The first-order valence-electron chi connectivity index (χ1n) is 24.5. The van der Waals surface area contributed by atoms with Crippen LogP contribution in [0.5, 0.6) is 0 Å². The number of carbonyl (C=O) groups excluding carboxylic acids is 2. The van der Waals surface area contributed by atoms with Gasteiger partial charge in [-0.25, -0.2) is 0 Å². The van der Waals surface area contributed by atoms with Gasteiger partial charge in [0.25, 0.3) is 0 Å². The molecule has 0 amide bonds. The number of carbonyl (C=O) groups is 2. The molecule has 0 saturated heterocycles. The van der Waals surface area contributed by atoms with Crippen molar-refractivity contribution in [2.45, 2.75) is 239 Å². The van der Waals surface area contributed by atoms with Gasteiger partial charge in [-0.2, -0.15) is 0 Å². The minimum atomic E-state index is -0.121. The predicted octanol–water partition coefficient (Wildman–Crippen LogP) is 14.0. The van der Waals surface area contributed by atoms with E-state index in [1.54, 1.807) is 0 Å². The van der Waals surface area contributed by atoms with E-state index in [9.17, 15) is 14.7 Å². The molecule has 0 aromatic carbocycles. The lowest BCUT2D eigenvalue weighted by molar-refractivity contribution is -0.150. The summed E-state index contributed by atoms with van der Waals surface area (Å²) in [5.41, 5.74) is 0. The Hall–Kier alpha value is -1.66. The van der Waals surface area contributed by atoms with E-state index in [1.165, 1.54) is 135 Å². The summed E-state index contributed by atoms with van der Waals surface area (Å²) in [6.07, 6.45) is 47.1. The smallest absolute Gasteiger partial charge is 0.306 e. The average Bonchev–Trinajstić information content (AvgIpc) is 3.21. The molecule has 0 aromatic heterocycles. The fourth-order valence-electron chi connectivity index (χ4n) is 8.31. The molecule has 56 heavy (non-hydrogen) atoms. The van der Waals surface area contributed by atoms with Gasteiger partial charge in [0.15, 0.2) is 0 Å². The third kappa shape index (κ3) is 32.3. The maximum Gasteiger partial charge on any atom is 0.306 e.